The van der Waals surface area contributed by atoms with Gasteiger partial charge in [-0.3, -0.25) is 0 Å². The van der Waals surface area contributed by atoms with Crippen LogP contribution in [0.1, 0.15) is 53.4 Å². The zero-order chi connectivity index (χ0) is 15.0. The Morgan fingerprint density at radius 1 is 1.25 bits per heavy atom. The first-order valence-electron chi connectivity index (χ1n) is 7.63. The van der Waals surface area contributed by atoms with Gasteiger partial charge in [0.2, 0.25) is 5.95 Å². The summed E-state index contributed by atoms with van der Waals surface area (Å²) in [7, 11) is 0. The molecule has 0 spiro atoms. The van der Waals surface area contributed by atoms with Crippen LogP contribution in [-0.4, -0.2) is 29.1 Å². The first kappa shape index (κ1) is 17.0. The fraction of sp³-hybridized carbons (Fsp3) is 0.733. The van der Waals surface area contributed by atoms with Crippen molar-refractivity contribution in [2.45, 2.75) is 59.4 Å². The molecule has 114 valence electrons. The Kier molecular flexibility index (Phi) is 7.67. The van der Waals surface area contributed by atoms with Gasteiger partial charge in [0, 0.05) is 19.1 Å². The lowest BCUT2D eigenvalue weighted by Gasteiger charge is -2.28. The molecule has 0 aliphatic heterocycles. The SMILES string of the molecule is CCCCCN(c1nc(NCCC)ncc1Cl)C(C)C. The van der Waals surface area contributed by atoms with Crippen LogP contribution in [0.4, 0.5) is 11.8 Å². The molecule has 5 heteroatoms. The average molecular weight is 299 g/mol. The monoisotopic (exact) mass is 298 g/mol. The summed E-state index contributed by atoms with van der Waals surface area (Å²) in [6, 6.07) is 0.373. The van der Waals surface area contributed by atoms with Crippen LogP contribution in [0.2, 0.25) is 5.02 Å². The van der Waals surface area contributed by atoms with Gasteiger partial charge in [-0.2, -0.15) is 4.98 Å². The molecule has 20 heavy (non-hydrogen) atoms. The van der Waals surface area contributed by atoms with Gasteiger partial charge in [-0.1, -0.05) is 38.3 Å². The van der Waals surface area contributed by atoms with Crippen molar-refractivity contribution in [2.24, 2.45) is 0 Å². The van der Waals surface area contributed by atoms with Crippen molar-refractivity contribution in [1.82, 2.24) is 9.97 Å². The topological polar surface area (TPSA) is 41.1 Å². The number of hydrogen-bond donors (Lipinski definition) is 1. The first-order chi connectivity index (χ1) is 9.60. The molecule has 0 radical (unpaired) electrons. The molecule has 0 aliphatic rings. The van der Waals surface area contributed by atoms with Crippen LogP contribution in [0.5, 0.6) is 0 Å². The standard InChI is InChI=1S/C15H27ClN4/c1-5-7-8-10-20(12(3)4)14-13(16)11-18-15(19-14)17-9-6-2/h11-12H,5-10H2,1-4H3,(H,17,18,19). The fourth-order valence-electron chi connectivity index (χ4n) is 2.02. The molecule has 0 saturated heterocycles. The van der Waals surface area contributed by atoms with Gasteiger partial charge < -0.3 is 10.2 Å². The Bertz CT molecular complexity index is 395. The summed E-state index contributed by atoms with van der Waals surface area (Å²) in [6.45, 7) is 10.5. The molecular formula is C15H27ClN4. The number of nitrogens with one attached hydrogen (secondary N) is 1. The van der Waals surface area contributed by atoms with E-state index in [0.717, 1.165) is 31.7 Å². The highest BCUT2D eigenvalue weighted by atomic mass is 35.5. The van der Waals surface area contributed by atoms with Gasteiger partial charge in [0.1, 0.15) is 5.02 Å². The van der Waals surface area contributed by atoms with E-state index in [0.29, 0.717) is 17.0 Å². The molecule has 1 rings (SSSR count). The minimum Gasteiger partial charge on any atom is -0.354 e. The molecule has 0 aliphatic carbocycles. The maximum absolute atomic E-state index is 6.29. The van der Waals surface area contributed by atoms with Gasteiger partial charge in [0.05, 0.1) is 6.20 Å². The van der Waals surface area contributed by atoms with Crippen molar-refractivity contribution < 1.29 is 0 Å². The molecule has 0 bridgehead atoms. The molecule has 1 aromatic rings. The molecule has 0 unspecified atom stereocenters. The second kappa shape index (κ2) is 9.01. The molecule has 4 nitrogen and oxygen atoms in total. The highest BCUT2D eigenvalue weighted by molar-refractivity contribution is 6.32. The Balaban J connectivity index is 2.87. The zero-order valence-corrected chi connectivity index (χ0v) is 13.9. The summed E-state index contributed by atoms with van der Waals surface area (Å²) >= 11 is 6.29. The largest absolute Gasteiger partial charge is 0.354 e. The van der Waals surface area contributed by atoms with Crippen molar-refractivity contribution >= 4 is 23.4 Å². The lowest BCUT2D eigenvalue weighted by atomic mass is 10.2. The lowest BCUT2D eigenvalue weighted by Crippen LogP contribution is -2.33. The third-order valence-corrected chi connectivity index (χ3v) is 3.42. The van der Waals surface area contributed by atoms with E-state index in [1.54, 1.807) is 6.20 Å². The van der Waals surface area contributed by atoms with Gasteiger partial charge in [-0.25, -0.2) is 4.98 Å². The number of unbranched alkanes of at least 4 members (excludes halogenated alkanes) is 2. The van der Waals surface area contributed by atoms with Gasteiger partial charge in [-0.05, 0) is 26.7 Å². The van der Waals surface area contributed by atoms with Crippen molar-refractivity contribution in [1.29, 1.82) is 0 Å². The Hall–Kier alpha value is -1.03. The number of rotatable bonds is 9. The minimum atomic E-state index is 0.373. The Morgan fingerprint density at radius 2 is 2.00 bits per heavy atom. The van der Waals surface area contributed by atoms with Crippen LogP contribution >= 0.6 is 11.6 Å². The van der Waals surface area contributed by atoms with Crippen molar-refractivity contribution in [3.8, 4) is 0 Å². The Labute approximate surface area is 127 Å². The highest BCUT2D eigenvalue weighted by Crippen LogP contribution is 2.26. The minimum absolute atomic E-state index is 0.373. The number of nitrogens with zero attached hydrogens (tertiary/aromatic N) is 3. The van der Waals surface area contributed by atoms with Crippen LogP contribution < -0.4 is 10.2 Å². The summed E-state index contributed by atoms with van der Waals surface area (Å²) in [6.07, 6.45) is 6.34. The van der Waals surface area contributed by atoms with E-state index >= 15 is 0 Å². The predicted octanol–water partition coefficient (Wildman–Crippen LogP) is 4.36. The van der Waals surface area contributed by atoms with E-state index in [4.69, 9.17) is 11.6 Å². The molecule has 1 heterocycles. The van der Waals surface area contributed by atoms with E-state index in [1.165, 1.54) is 12.8 Å². The van der Waals surface area contributed by atoms with E-state index in [9.17, 15) is 0 Å². The molecule has 0 atom stereocenters. The van der Waals surface area contributed by atoms with Crippen LogP contribution in [0.15, 0.2) is 6.20 Å². The highest BCUT2D eigenvalue weighted by Gasteiger charge is 2.16. The number of anilines is 2. The molecule has 1 aromatic heterocycles. The normalized spacial score (nSPS) is 10.9. The molecule has 0 aromatic carbocycles. The van der Waals surface area contributed by atoms with Gasteiger partial charge in [0.25, 0.3) is 0 Å². The van der Waals surface area contributed by atoms with E-state index in [-0.39, 0.29) is 0 Å². The van der Waals surface area contributed by atoms with Gasteiger partial charge in [0.15, 0.2) is 5.82 Å². The predicted molar refractivity (Wildman–Crippen MR) is 87.8 cm³/mol. The second-order valence-electron chi connectivity index (χ2n) is 5.29. The van der Waals surface area contributed by atoms with E-state index < -0.39 is 0 Å². The van der Waals surface area contributed by atoms with Crippen LogP contribution in [0.25, 0.3) is 0 Å². The summed E-state index contributed by atoms with van der Waals surface area (Å²) < 4.78 is 0. The average Bonchev–Trinajstić information content (AvgIpc) is 2.43. The third kappa shape index (κ3) is 5.16. The summed E-state index contributed by atoms with van der Waals surface area (Å²) in [4.78, 5) is 11.1. The zero-order valence-electron chi connectivity index (χ0n) is 13.1. The first-order valence-corrected chi connectivity index (χ1v) is 8.01. The maximum atomic E-state index is 6.29. The summed E-state index contributed by atoms with van der Waals surface area (Å²) in [5.74, 6) is 1.50. The van der Waals surface area contributed by atoms with E-state index in [1.807, 2.05) is 0 Å². The van der Waals surface area contributed by atoms with E-state index in [2.05, 4.69) is 47.9 Å². The molecule has 0 fully saturated rings. The number of hydrogen-bond acceptors (Lipinski definition) is 4. The molecular weight excluding hydrogens is 272 g/mol. The molecule has 1 N–H and O–H groups in total. The summed E-state index contributed by atoms with van der Waals surface area (Å²) in [5, 5.41) is 3.84. The molecule has 0 saturated carbocycles. The van der Waals surface area contributed by atoms with Gasteiger partial charge in [-0.15, -0.1) is 0 Å². The number of aromatic nitrogens is 2. The van der Waals surface area contributed by atoms with Gasteiger partial charge >= 0.3 is 0 Å². The fourth-order valence-corrected chi connectivity index (χ4v) is 2.22. The summed E-state index contributed by atoms with van der Waals surface area (Å²) in [5.41, 5.74) is 0. The van der Waals surface area contributed by atoms with Crippen molar-refractivity contribution in [2.75, 3.05) is 23.3 Å². The lowest BCUT2D eigenvalue weighted by molar-refractivity contribution is 0.619. The quantitative estimate of drug-likeness (QED) is 0.688. The maximum Gasteiger partial charge on any atom is 0.224 e. The van der Waals surface area contributed by atoms with Crippen molar-refractivity contribution in [3.63, 3.8) is 0 Å². The van der Waals surface area contributed by atoms with Crippen LogP contribution in [0.3, 0.4) is 0 Å². The second-order valence-corrected chi connectivity index (χ2v) is 5.69. The van der Waals surface area contributed by atoms with Crippen molar-refractivity contribution in [3.05, 3.63) is 11.2 Å². The third-order valence-electron chi connectivity index (χ3n) is 3.16. The molecule has 0 amide bonds. The Morgan fingerprint density at radius 3 is 2.60 bits per heavy atom. The smallest absolute Gasteiger partial charge is 0.224 e. The van der Waals surface area contributed by atoms with Crippen LogP contribution in [-0.2, 0) is 0 Å². The number of halogens is 1. The van der Waals surface area contributed by atoms with Crippen LogP contribution in [0, 0.1) is 0 Å².